The molecule has 1 N–H and O–H groups in total. The number of ether oxygens (including phenoxy) is 7. The lowest BCUT2D eigenvalue weighted by Crippen LogP contribution is -2.49. The number of carbonyl (C=O) groups is 3. The molecule has 0 saturated carbocycles. The van der Waals surface area contributed by atoms with E-state index >= 15 is 4.79 Å². The van der Waals surface area contributed by atoms with Crippen LogP contribution in [0.25, 0.3) is 0 Å². The number of anilines is 1. The maximum atomic E-state index is 15.2. The smallest absolute Gasteiger partial charge is 0.417 e. The number of halogens is 1. The number of esters is 1. The Morgan fingerprint density at radius 2 is 1.60 bits per heavy atom. The highest BCUT2D eigenvalue weighted by atomic mass is 32.2. The third-order valence-corrected chi connectivity index (χ3v) is 11.1. The fourth-order valence-electron chi connectivity index (χ4n) is 6.75. The van der Waals surface area contributed by atoms with Crippen LogP contribution in [0.5, 0.6) is 17.2 Å². The van der Waals surface area contributed by atoms with Crippen molar-refractivity contribution in [2.75, 3.05) is 44.3 Å². The summed E-state index contributed by atoms with van der Waals surface area (Å²) < 4.78 is 55.4. The lowest BCUT2D eigenvalue weighted by molar-refractivity contribution is -0.295. The number of benzene rings is 4. The van der Waals surface area contributed by atoms with Gasteiger partial charge in [-0.05, 0) is 86.5 Å². The molecular weight excluding hydrogens is 768 g/mol. The van der Waals surface area contributed by atoms with Crippen molar-refractivity contribution in [3.8, 4) is 17.2 Å². The van der Waals surface area contributed by atoms with Crippen molar-refractivity contribution in [2.45, 2.75) is 63.3 Å². The van der Waals surface area contributed by atoms with Crippen molar-refractivity contribution in [3.05, 3.63) is 120 Å². The first-order valence-corrected chi connectivity index (χ1v) is 20.0. The predicted octanol–water partition coefficient (Wildman–Crippen LogP) is 8.18. The summed E-state index contributed by atoms with van der Waals surface area (Å²) in [6.07, 6.45) is -0.770. The van der Waals surface area contributed by atoms with Crippen molar-refractivity contribution in [3.63, 3.8) is 0 Å². The molecule has 0 aliphatic carbocycles. The normalized spacial score (nSPS) is 19.2. The van der Waals surface area contributed by atoms with E-state index in [4.69, 9.17) is 33.2 Å². The molecule has 3 aliphatic heterocycles. The minimum absolute atomic E-state index is 0.0197. The Kier molecular flexibility index (Phi) is 11.9. The predicted molar refractivity (Wildman–Crippen MR) is 214 cm³/mol. The number of hydrogen-bond acceptors (Lipinski definition) is 12. The molecule has 4 aromatic rings. The van der Waals surface area contributed by atoms with Gasteiger partial charge in [0.05, 0.1) is 25.0 Å². The minimum Gasteiger partial charge on any atom is -0.482 e. The third kappa shape index (κ3) is 9.52. The van der Waals surface area contributed by atoms with E-state index in [9.17, 15) is 14.0 Å². The molecule has 0 aromatic heterocycles. The fourth-order valence-corrected chi connectivity index (χ4v) is 8.16. The molecule has 14 heteroatoms. The van der Waals surface area contributed by atoms with Crippen LogP contribution in [0.1, 0.15) is 63.4 Å². The molecule has 3 atom stereocenters. The molecule has 0 spiro atoms. The second-order valence-corrected chi connectivity index (χ2v) is 17.2. The fraction of sp³-hybridized carbons (Fsp3) is 0.386. The number of carbonyl (C=O) groups excluding carboxylic acids is 3. The number of cyclic esters (lactones) is 1. The van der Waals surface area contributed by atoms with Crippen molar-refractivity contribution in [1.29, 1.82) is 0 Å². The quantitative estimate of drug-likeness (QED) is 0.131. The van der Waals surface area contributed by atoms with Crippen LogP contribution in [0.2, 0.25) is 0 Å². The maximum Gasteiger partial charge on any atom is 0.417 e. The summed E-state index contributed by atoms with van der Waals surface area (Å²) in [6.45, 7) is 9.89. The molecular formula is C44H47FN2O10S. The summed E-state index contributed by atoms with van der Waals surface area (Å²) in [4.78, 5) is 42.4. The summed E-state index contributed by atoms with van der Waals surface area (Å²) in [5.41, 5.74) is 1.60. The topological polar surface area (TPSA) is 131 Å². The van der Waals surface area contributed by atoms with Crippen LogP contribution in [0.15, 0.2) is 97.1 Å². The highest BCUT2D eigenvalue weighted by Gasteiger charge is 2.48. The summed E-state index contributed by atoms with van der Waals surface area (Å²) in [7, 11) is 0. The monoisotopic (exact) mass is 814 g/mol. The SMILES string of the molecule is CC1(C)COC(CSC(C(=O)N2C(=O)OCC2c2ccccc2)C(Nc2ccc(F)cc2)c2ccc(OCC(=O)OC(C)(C)C)cc2)(c2ccc3c(c2)OCO3)OC1. The van der Waals surface area contributed by atoms with E-state index in [0.29, 0.717) is 47.3 Å². The van der Waals surface area contributed by atoms with Gasteiger partial charge in [-0.3, -0.25) is 4.79 Å². The van der Waals surface area contributed by atoms with Gasteiger partial charge < -0.3 is 38.5 Å². The molecule has 12 nitrogen and oxygen atoms in total. The molecule has 2 saturated heterocycles. The van der Waals surface area contributed by atoms with Crippen LogP contribution in [0.3, 0.4) is 0 Å². The minimum atomic E-state index is -1.33. The van der Waals surface area contributed by atoms with Crippen LogP contribution < -0.4 is 19.5 Å². The van der Waals surface area contributed by atoms with Crippen molar-refractivity contribution in [1.82, 2.24) is 4.90 Å². The van der Waals surface area contributed by atoms with Gasteiger partial charge in [-0.1, -0.05) is 56.3 Å². The number of thioether (sulfide) groups is 1. The number of amides is 2. The van der Waals surface area contributed by atoms with Gasteiger partial charge in [0, 0.05) is 16.7 Å². The molecule has 3 aliphatic rings. The van der Waals surface area contributed by atoms with Crippen molar-refractivity contribution < 1.29 is 51.9 Å². The number of nitrogens with zero attached hydrogens (tertiary/aromatic N) is 1. The maximum absolute atomic E-state index is 15.2. The number of rotatable bonds is 13. The van der Waals surface area contributed by atoms with E-state index in [2.05, 4.69) is 5.32 Å². The average Bonchev–Trinajstić information content (AvgIpc) is 3.84. The summed E-state index contributed by atoms with van der Waals surface area (Å²) in [5, 5.41) is 2.42. The Bertz CT molecular complexity index is 2080. The Balaban J connectivity index is 1.27. The van der Waals surface area contributed by atoms with Crippen LogP contribution in [0, 0.1) is 11.2 Å². The number of hydrogen-bond donors (Lipinski definition) is 1. The summed E-state index contributed by atoms with van der Waals surface area (Å²) in [5.74, 6) is -1.16. The Morgan fingerprint density at radius 3 is 2.29 bits per heavy atom. The zero-order chi connectivity index (χ0) is 41.1. The van der Waals surface area contributed by atoms with E-state index in [1.807, 2.05) is 56.3 Å². The molecule has 3 unspecified atom stereocenters. The van der Waals surface area contributed by atoms with E-state index in [0.717, 1.165) is 5.56 Å². The first-order chi connectivity index (χ1) is 27.7. The van der Waals surface area contributed by atoms with Gasteiger partial charge in [0.15, 0.2) is 18.1 Å². The van der Waals surface area contributed by atoms with E-state index in [-0.39, 0.29) is 31.2 Å². The van der Waals surface area contributed by atoms with Gasteiger partial charge in [-0.2, -0.15) is 0 Å². The lowest BCUT2D eigenvalue weighted by atomic mass is 9.93. The Hall–Kier alpha value is -5.31. The molecule has 0 radical (unpaired) electrons. The highest BCUT2D eigenvalue weighted by molar-refractivity contribution is 8.00. The molecule has 2 fully saturated rings. The summed E-state index contributed by atoms with van der Waals surface area (Å²) in [6, 6.07) is 25.9. The van der Waals surface area contributed by atoms with Crippen LogP contribution in [0.4, 0.5) is 14.9 Å². The largest absolute Gasteiger partial charge is 0.482 e. The van der Waals surface area contributed by atoms with Gasteiger partial charge in [0.2, 0.25) is 18.5 Å². The second-order valence-electron chi connectivity index (χ2n) is 16.1. The zero-order valence-corrected chi connectivity index (χ0v) is 33.8. The molecule has 0 bridgehead atoms. The highest BCUT2D eigenvalue weighted by Crippen LogP contribution is 2.46. The first kappa shape index (κ1) is 40.9. The van der Waals surface area contributed by atoms with Gasteiger partial charge in [-0.15, -0.1) is 11.8 Å². The number of fused-ring (bicyclic) bond motifs is 1. The Labute approximate surface area is 341 Å². The van der Waals surface area contributed by atoms with Gasteiger partial charge in [-0.25, -0.2) is 18.9 Å². The second kappa shape index (κ2) is 16.9. The van der Waals surface area contributed by atoms with E-state index < -0.39 is 52.5 Å². The van der Waals surface area contributed by atoms with E-state index in [1.54, 1.807) is 63.2 Å². The van der Waals surface area contributed by atoms with Crippen molar-refractivity contribution in [2.24, 2.45) is 5.41 Å². The zero-order valence-electron chi connectivity index (χ0n) is 33.0. The van der Waals surface area contributed by atoms with Crippen LogP contribution >= 0.6 is 11.8 Å². The van der Waals surface area contributed by atoms with Crippen LogP contribution in [-0.4, -0.2) is 72.7 Å². The average molecular weight is 815 g/mol. The molecule has 4 aromatic carbocycles. The van der Waals surface area contributed by atoms with Gasteiger partial charge >= 0.3 is 12.1 Å². The van der Waals surface area contributed by atoms with Crippen LogP contribution in [-0.2, 0) is 34.3 Å². The summed E-state index contributed by atoms with van der Waals surface area (Å²) >= 11 is 1.25. The molecule has 3 heterocycles. The van der Waals surface area contributed by atoms with Gasteiger partial charge in [0.1, 0.15) is 35.1 Å². The third-order valence-electron chi connectivity index (χ3n) is 9.68. The molecule has 306 valence electrons. The van der Waals surface area contributed by atoms with E-state index in [1.165, 1.54) is 28.8 Å². The first-order valence-electron chi connectivity index (χ1n) is 19.0. The standard InChI is InChI=1S/C44H47FN2O10S/c1-42(2,3)57-37(48)23-51-33-18-11-29(12-19-33)38(46-32-16-14-31(45)15-17-32)39(40(49)47-34(22-52-41(47)50)28-9-7-6-8-10-28)58-26-44(55-24-43(4,5)25-56-44)30-13-20-35-36(21-30)54-27-53-35/h6-21,34,38-39,46H,22-27H2,1-5H3. The molecule has 58 heavy (non-hydrogen) atoms. The number of nitrogens with one attached hydrogen (secondary N) is 1. The van der Waals surface area contributed by atoms with Crippen molar-refractivity contribution >= 4 is 35.4 Å². The Morgan fingerprint density at radius 1 is 0.914 bits per heavy atom. The molecule has 2 amide bonds. The number of imide groups is 1. The molecule has 7 rings (SSSR count). The lowest BCUT2D eigenvalue weighted by Gasteiger charge is -2.44. The van der Waals surface area contributed by atoms with Gasteiger partial charge in [0.25, 0.3) is 0 Å².